The van der Waals surface area contributed by atoms with Gasteiger partial charge in [0.15, 0.2) is 0 Å². The van der Waals surface area contributed by atoms with Crippen molar-refractivity contribution >= 4 is 5.82 Å². The van der Waals surface area contributed by atoms with Crippen LogP contribution in [0.3, 0.4) is 0 Å². The molecule has 1 fully saturated rings. The molecule has 3 nitrogen and oxygen atoms in total. The van der Waals surface area contributed by atoms with Crippen LogP contribution in [-0.2, 0) is 6.54 Å². The van der Waals surface area contributed by atoms with E-state index < -0.39 is 0 Å². The SMILES string of the molecule is CNc1ccc(CN2CC(C)C(C)C2)cn1. The van der Waals surface area contributed by atoms with Gasteiger partial charge in [-0.1, -0.05) is 19.9 Å². The predicted octanol–water partition coefficient (Wildman–Crippen LogP) is 2.21. The zero-order chi connectivity index (χ0) is 11.5. The van der Waals surface area contributed by atoms with Gasteiger partial charge >= 0.3 is 0 Å². The molecule has 16 heavy (non-hydrogen) atoms. The lowest BCUT2D eigenvalue weighted by Crippen LogP contribution is -2.20. The van der Waals surface area contributed by atoms with E-state index in [0.29, 0.717) is 0 Å². The summed E-state index contributed by atoms with van der Waals surface area (Å²) in [6.07, 6.45) is 1.97. The third-order valence-electron chi connectivity index (χ3n) is 3.55. The molecule has 2 unspecified atom stereocenters. The highest BCUT2D eigenvalue weighted by atomic mass is 15.1. The number of pyridine rings is 1. The number of likely N-dealkylation sites (tertiary alicyclic amines) is 1. The van der Waals surface area contributed by atoms with Gasteiger partial charge in [0.1, 0.15) is 5.82 Å². The average Bonchev–Trinajstić information content (AvgIpc) is 2.59. The predicted molar refractivity (Wildman–Crippen MR) is 67.4 cm³/mol. The van der Waals surface area contributed by atoms with Crippen LogP contribution in [0, 0.1) is 11.8 Å². The molecule has 2 rings (SSSR count). The lowest BCUT2D eigenvalue weighted by atomic mass is 10.0. The summed E-state index contributed by atoms with van der Waals surface area (Å²) in [5.74, 6) is 2.58. The third kappa shape index (κ3) is 2.53. The van der Waals surface area contributed by atoms with E-state index in [2.05, 4.69) is 35.1 Å². The van der Waals surface area contributed by atoms with Gasteiger partial charge in [-0.25, -0.2) is 4.98 Å². The molecule has 0 saturated carbocycles. The number of aromatic nitrogens is 1. The summed E-state index contributed by atoms with van der Waals surface area (Å²) in [7, 11) is 1.89. The zero-order valence-electron chi connectivity index (χ0n) is 10.4. The Labute approximate surface area is 97.9 Å². The Morgan fingerprint density at radius 3 is 2.50 bits per heavy atom. The molecule has 0 radical (unpaired) electrons. The first kappa shape index (κ1) is 11.4. The Morgan fingerprint density at radius 2 is 2.00 bits per heavy atom. The molecule has 2 heterocycles. The fourth-order valence-electron chi connectivity index (χ4n) is 2.30. The van der Waals surface area contributed by atoms with Crippen LogP contribution in [0.25, 0.3) is 0 Å². The Hall–Kier alpha value is -1.09. The van der Waals surface area contributed by atoms with Gasteiger partial charge in [-0.2, -0.15) is 0 Å². The molecule has 3 heteroatoms. The Morgan fingerprint density at radius 1 is 1.31 bits per heavy atom. The summed E-state index contributed by atoms with van der Waals surface area (Å²) in [6.45, 7) is 8.15. The van der Waals surface area contributed by atoms with Crippen molar-refractivity contribution in [1.82, 2.24) is 9.88 Å². The van der Waals surface area contributed by atoms with E-state index in [1.54, 1.807) is 0 Å². The third-order valence-corrected chi connectivity index (χ3v) is 3.55. The van der Waals surface area contributed by atoms with E-state index in [9.17, 15) is 0 Å². The summed E-state index contributed by atoms with van der Waals surface area (Å²) < 4.78 is 0. The van der Waals surface area contributed by atoms with Gasteiger partial charge in [0.25, 0.3) is 0 Å². The number of nitrogens with one attached hydrogen (secondary N) is 1. The minimum absolute atomic E-state index is 0.824. The normalized spacial score (nSPS) is 25.9. The van der Waals surface area contributed by atoms with E-state index >= 15 is 0 Å². The molecule has 1 aromatic rings. The monoisotopic (exact) mass is 219 g/mol. The molecule has 1 N–H and O–H groups in total. The summed E-state index contributed by atoms with van der Waals surface area (Å²) in [5, 5.41) is 3.04. The van der Waals surface area contributed by atoms with Gasteiger partial charge in [0, 0.05) is 32.9 Å². The largest absolute Gasteiger partial charge is 0.373 e. The minimum atomic E-state index is 0.824. The van der Waals surface area contributed by atoms with E-state index in [1.807, 2.05) is 19.3 Å². The average molecular weight is 219 g/mol. The molecule has 2 atom stereocenters. The molecular weight excluding hydrogens is 198 g/mol. The van der Waals surface area contributed by atoms with Crippen molar-refractivity contribution in [2.24, 2.45) is 11.8 Å². The first-order chi connectivity index (χ1) is 7.69. The van der Waals surface area contributed by atoms with Gasteiger partial charge in [-0.15, -0.1) is 0 Å². The fourth-order valence-corrected chi connectivity index (χ4v) is 2.30. The van der Waals surface area contributed by atoms with Crippen molar-refractivity contribution in [2.45, 2.75) is 20.4 Å². The highest BCUT2D eigenvalue weighted by Crippen LogP contribution is 2.23. The maximum atomic E-state index is 4.34. The number of nitrogens with zero attached hydrogens (tertiary/aromatic N) is 2. The quantitative estimate of drug-likeness (QED) is 0.845. The minimum Gasteiger partial charge on any atom is -0.373 e. The summed E-state index contributed by atoms with van der Waals surface area (Å²) in [4.78, 5) is 6.86. The molecule has 0 aliphatic carbocycles. The van der Waals surface area contributed by atoms with E-state index in [4.69, 9.17) is 0 Å². The molecular formula is C13H21N3. The first-order valence-corrected chi connectivity index (χ1v) is 6.04. The number of anilines is 1. The highest BCUT2D eigenvalue weighted by molar-refractivity contribution is 5.34. The number of hydrogen-bond acceptors (Lipinski definition) is 3. The topological polar surface area (TPSA) is 28.2 Å². The Kier molecular flexibility index (Phi) is 3.44. The first-order valence-electron chi connectivity index (χ1n) is 6.04. The maximum absolute atomic E-state index is 4.34. The van der Waals surface area contributed by atoms with E-state index in [1.165, 1.54) is 18.7 Å². The van der Waals surface area contributed by atoms with Gasteiger partial charge in [0.2, 0.25) is 0 Å². The van der Waals surface area contributed by atoms with Crippen LogP contribution >= 0.6 is 0 Å². The van der Waals surface area contributed by atoms with Crippen molar-refractivity contribution < 1.29 is 0 Å². The molecule has 88 valence electrons. The smallest absolute Gasteiger partial charge is 0.125 e. The molecule has 0 aromatic carbocycles. The van der Waals surface area contributed by atoms with E-state index in [-0.39, 0.29) is 0 Å². The van der Waals surface area contributed by atoms with Gasteiger partial charge in [0.05, 0.1) is 0 Å². The molecule has 0 spiro atoms. The van der Waals surface area contributed by atoms with Crippen molar-refractivity contribution in [2.75, 3.05) is 25.5 Å². The molecule has 0 bridgehead atoms. The summed E-state index contributed by atoms with van der Waals surface area (Å²) in [5.41, 5.74) is 1.31. The lowest BCUT2D eigenvalue weighted by Gasteiger charge is -2.15. The lowest BCUT2D eigenvalue weighted by molar-refractivity contribution is 0.316. The number of hydrogen-bond donors (Lipinski definition) is 1. The van der Waals surface area contributed by atoms with Crippen molar-refractivity contribution in [1.29, 1.82) is 0 Å². The molecule has 1 saturated heterocycles. The van der Waals surface area contributed by atoms with Crippen LogP contribution in [0.4, 0.5) is 5.82 Å². The van der Waals surface area contributed by atoms with Crippen LogP contribution in [0.15, 0.2) is 18.3 Å². The summed E-state index contributed by atoms with van der Waals surface area (Å²) in [6, 6.07) is 4.20. The van der Waals surface area contributed by atoms with Crippen molar-refractivity contribution in [3.8, 4) is 0 Å². The van der Waals surface area contributed by atoms with Crippen LogP contribution in [-0.4, -0.2) is 30.0 Å². The molecule has 1 aromatic heterocycles. The summed E-state index contributed by atoms with van der Waals surface area (Å²) >= 11 is 0. The second kappa shape index (κ2) is 4.83. The van der Waals surface area contributed by atoms with Gasteiger partial charge in [-0.05, 0) is 23.5 Å². The van der Waals surface area contributed by atoms with Gasteiger partial charge in [-0.3, -0.25) is 4.90 Å². The molecule has 1 aliphatic rings. The van der Waals surface area contributed by atoms with Crippen LogP contribution < -0.4 is 5.32 Å². The Bertz CT molecular complexity index is 324. The molecule has 1 aliphatic heterocycles. The maximum Gasteiger partial charge on any atom is 0.125 e. The van der Waals surface area contributed by atoms with Crippen LogP contribution in [0.2, 0.25) is 0 Å². The standard InChI is InChI=1S/C13H21N3/c1-10-7-16(8-11(10)2)9-12-4-5-13(14-3)15-6-12/h4-6,10-11H,7-9H2,1-3H3,(H,14,15). The Balaban J connectivity index is 1.94. The highest BCUT2D eigenvalue weighted by Gasteiger charge is 2.25. The second-order valence-electron chi connectivity index (χ2n) is 4.95. The van der Waals surface area contributed by atoms with Crippen LogP contribution in [0.5, 0.6) is 0 Å². The zero-order valence-corrected chi connectivity index (χ0v) is 10.4. The van der Waals surface area contributed by atoms with Crippen molar-refractivity contribution in [3.63, 3.8) is 0 Å². The number of rotatable bonds is 3. The molecule has 0 amide bonds. The van der Waals surface area contributed by atoms with Gasteiger partial charge < -0.3 is 5.32 Å². The van der Waals surface area contributed by atoms with Crippen LogP contribution in [0.1, 0.15) is 19.4 Å². The fraction of sp³-hybridized carbons (Fsp3) is 0.615. The second-order valence-corrected chi connectivity index (χ2v) is 4.95. The van der Waals surface area contributed by atoms with E-state index in [0.717, 1.165) is 24.2 Å². The van der Waals surface area contributed by atoms with Crippen molar-refractivity contribution in [3.05, 3.63) is 23.9 Å².